The van der Waals surface area contributed by atoms with Crippen molar-refractivity contribution >= 4 is 38.4 Å². The van der Waals surface area contributed by atoms with Crippen molar-refractivity contribution in [2.45, 2.75) is 33.1 Å². The molecule has 5 nitrogen and oxygen atoms in total. The standard InChI is InChI=1S/C20H20BrN3O2/c1-11-9-14-16(10-15(11)21)22-19(26)17(14)23-24-18(25)12-5-7-13(8-6-12)20(2,3)4/h5-10,22,26H,1-4H3. The molecule has 0 aliphatic rings. The smallest absolute Gasteiger partial charge is 0.295 e. The van der Waals surface area contributed by atoms with Gasteiger partial charge in [0.25, 0.3) is 5.91 Å². The number of H-pyrrole nitrogens is 1. The number of aromatic hydroxyl groups is 1. The van der Waals surface area contributed by atoms with Gasteiger partial charge in [-0.15, -0.1) is 10.2 Å². The Bertz CT molecular complexity index is 1010. The molecule has 0 saturated carbocycles. The Morgan fingerprint density at radius 2 is 1.81 bits per heavy atom. The summed E-state index contributed by atoms with van der Waals surface area (Å²) in [6.07, 6.45) is 0. The number of rotatable bonds is 2. The van der Waals surface area contributed by atoms with Crippen molar-refractivity contribution < 1.29 is 9.90 Å². The van der Waals surface area contributed by atoms with Crippen molar-refractivity contribution in [3.05, 3.63) is 57.6 Å². The molecule has 0 unspecified atom stereocenters. The van der Waals surface area contributed by atoms with E-state index in [4.69, 9.17) is 0 Å². The van der Waals surface area contributed by atoms with Gasteiger partial charge in [-0.05, 0) is 47.7 Å². The lowest BCUT2D eigenvalue weighted by atomic mass is 9.87. The first-order valence-electron chi connectivity index (χ1n) is 8.24. The molecule has 3 rings (SSSR count). The fourth-order valence-corrected chi connectivity index (χ4v) is 3.01. The summed E-state index contributed by atoms with van der Waals surface area (Å²) in [5.74, 6) is -0.565. The Kier molecular flexibility index (Phi) is 4.71. The number of benzene rings is 2. The fourth-order valence-electron chi connectivity index (χ4n) is 2.66. The van der Waals surface area contributed by atoms with Crippen LogP contribution in [0.1, 0.15) is 42.3 Å². The molecule has 2 aromatic carbocycles. The lowest BCUT2D eigenvalue weighted by Gasteiger charge is -2.18. The first-order chi connectivity index (χ1) is 12.2. The summed E-state index contributed by atoms with van der Waals surface area (Å²) < 4.78 is 0.921. The van der Waals surface area contributed by atoms with Crippen LogP contribution in [0.25, 0.3) is 10.9 Å². The van der Waals surface area contributed by atoms with Crippen LogP contribution in [0.4, 0.5) is 5.69 Å². The maximum absolute atomic E-state index is 12.3. The largest absolute Gasteiger partial charge is 0.493 e. The van der Waals surface area contributed by atoms with E-state index in [0.29, 0.717) is 10.9 Å². The number of hydrogen-bond acceptors (Lipinski definition) is 3. The molecular formula is C20H20BrN3O2. The SMILES string of the molecule is Cc1cc2c(N=NC(=O)c3ccc(C(C)(C)C)cc3)c(O)[nH]c2cc1Br. The minimum absolute atomic E-state index is 0.0189. The molecule has 0 fully saturated rings. The number of hydrogen-bond donors (Lipinski definition) is 2. The van der Waals surface area contributed by atoms with Crippen molar-refractivity contribution in [1.29, 1.82) is 0 Å². The average molecular weight is 414 g/mol. The van der Waals surface area contributed by atoms with Gasteiger partial charge in [-0.2, -0.15) is 0 Å². The first kappa shape index (κ1) is 18.3. The molecule has 0 aliphatic carbocycles. The second-order valence-corrected chi connectivity index (χ2v) is 8.16. The number of carbonyl (C=O) groups excluding carboxylic acids is 1. The summed E-state index contributed by atoms with van der Waals surface area (Å²) in [7, 11) is 0. The third-order valence-corrected chi connectivity index (χ3v) is 5.12. The van der Waals surface area contributed by atoms with Crippen LogP contribution in [0.2, 0.25) is 0 Å². The minimum atomic E-state index is -0.451. The van der Waals surface area contributed by atoms with Crippen molar-refractivity contribution in [3.8, 4) is 5.88 Å². The summed E-state index contributed by atoms with van der Waals surface area (Å²) in [5.41, 5.74) is 3.59. The lowest BCUT2D eigenvalue weighted by Crippen LogP contribution is -2.11. The Hall–Kier alpha value is -2.47. The molecule has 1 heterocycles. The number of aryl methyl sites for hydroxylation is 1. The van der Waals surface area contributed by atoms with Crippen molar-refractivity contribution in [2.75, 3.05) is 0 Å². The van der Waals surface area contributed by atoms with Gasteiger partial charge in [0.1, 0.15) is 0 Å². The highest BCUT2D eigenvalue weighted by Crippen LogP contribution is 2.38. The van der Waals surface area contributed by atoms with Gasteiger partial charge in [0.15, 0.2) is 5.69 Å². The van der Waals surface area contributed by atoms with Gasteiger partial charge in [0, 0.05) is 15.4 Å². The van der Waals surface area contributed by atoms with Crippen LogP contribution < -0.4 is 0 Å². The predicted molar refractivity (Wildman–Crippen MR) is 106 cm³/mol. The van der Waals surface area contributed by atoms with E-state index in [9.17, 15) is 9.90 Å². The molecule has 26 heavy (non-hydrogen) atoms. The molecule has 0 saturated heterocycles. The number of nitrogens with one attached hydrogen (secondary N) is 1. The zero-order valence-corrected chi connectivity index (χ0v) is 16.7. The highest BCUT2D eigenvalue weighted by atomic mass is 79.9. The van der Waals surface area contributed by atoms with Gasteiger partial charge < -0.3 is 10.1 Å². The quantitative estimate of drug-likeness (QED) is 0.492. The Morgan fingerprint density at radius 1 is 1.15 bits per heavy atom. The predicted octanol–water partition coefficient (Wildman–Crippen LogP) is 6.17. The molecule has 134 valence electrons. The second kappa shape index (κ2) is 6.68. The number of nitrogens with zero attached hydrogens (tertiary/aromatic N) is 2. The van der Waals surface area contributed by atoms with Crippen LogP contribution in [0, 0.1) is 6.92 Å². The van der Waals surface area contributed by atoms with Crippen LogP contribution in [-0.4, -0.2) is 16.0 Å². The summed E-state index contributed by atoms with van der Waals surface area (Å²) in [4.78, 5) is 15.2. The van der Waals surface area contributed by atoms with Crippen LogP contribution in [0.15, 0.2) is 51.1 Å². The number of halogens is 1. The molecule has 3 aromatic rings. The molecule has 6 heteroatoms. The van der Waals surface area contributed by atoms with Crippen LogP contribution >= 0.6 is 15.9 Å². The number of aromatic nitrogens is 1. The lowest BCUT2D eigenvalue weighted by molar-refractivity contribution is 0.0995. The maximum atomic E-state index is 12.3. The van der Waals surface area contributed by atoms with Crippen molar-refractivity contribution in [3.63, 3.8) is 0 Å². The van der Waals surface area contributed by atoms with E-state index in [-0.39, 0.29) is 17.0 Å². The number of fused-ring (bicyclic) bond motifs is 1. The van der Waals surface area contributed by atoms with Gasteiger partial charge in [0.2, 0.25) is 5.88 Å². The Balaban J connectivity index is 1.90. The van der Waals surface area contributed by atoms with Crippen LogP contribution in [0.5, 0.6) is 5.88 Å². The van der Waals surface area contributed by atoms with Gasteiger partial charge in [0.05, 0.1) is 5.52 Å². The topological polar surface area (TPSA) is 77.8 Å². The molecule has 0 bridgehead atoms. The molecular weight excluding hydrogens is 394 g/mol. The van der Waals surface area contributed by atoms with E-state index in [1.807, 2.05) is 31.2 Å². The Morgan fingerprint density at radius 3 is 2.42 bits per heavy atom. The second-order valence-electron chi connectivity index (χ2n) is 7.30. The van der Waals surface area contributed by atoms with Crippen molar-refractivity contribution in [1.82, 2.24) is 4.98 Å². The fraction of sp³-hybridized carbons (Fsp3) is 0.250. The summed E-state index contributed by atoms with van der Waals surface area (Å²) in [6.45, 7) is 8.29. The summed E-state index contributed by atoms with van der Waals surface area (Å²) in [6, 6.07) is 11.1. The molecule has 0 aliphatic heterocycles. The van der Waals surface area contributed by atoms with Crippen LogP contribution in [-0.2, 0) is 5.41 Å². The third kappa shape index (κ3) is 3.55. The van der Waals surface area contributed by atoms with Crippen molar-refractivity contribution in [2.24, 2.45) is 10.2 Å². The minimum Gasteiger partial charge on any atom is -0.493 e. The Labute approximate surface area is 160 Å². The normalized spacial score (nSPS) is 12.2. The van der Waals surface area contributed by atoms with Gasteiger partial charge in [-0.25, -0.2) is 0 Å². The number of aromatic amines is 1. The van der Waals surface area contributed by atoms with E-state index < -0.39 is 5.91 Å². The molecule has 2 N–H and O–H groups in total. The van der Waals surface area contributed by atoms with Gasteiger partial charge in [-0.1, -0.05) is 48.8 Å². The highest BCUT2D eigenvalue weighted by Gasteiger charge is 2.15. The van der Waals surface area contributed by atoms with E-state index in [2.05, 4.69) is 51.9 Å². The maximum Gasteiger partial charge on any atom is 0.295 e. The first-order valence-corrected chi connectivity index (χ1v) is 9.03. The van der Waals surface area contributed by atoms with E-state index in [1.54, 1.807) is 12.1 Å². The third-order valence-electron chi connectivity index (χ3n) is 4.27. The zero-order valence-electron chi connectivity index (χ0n) is 15.1. The highest BCUT2D eigenvalue weighted by molar-refractivity contribution is 9.10. The van der Waals surface area contributed by atoms with Crippen LogP contribution in [0.3, 0.4) is 0 Å². The molecule has 0 radical (unpaired) electrons. The van der Waals surface area contributed by atoms with Gasteiger partial charge in [-0.3, -0.25) is 4.79 Å². The van der Waals surface area contributed by atoms with E-state index >= 15 is 0 Å². The summed E-state index contributed by atoms with van der Waals surface area (Å²) >= 11 is 3.45. The van der Waals surface area contributed by atoms with E-state index in [1.165, 1.54) is 0 Å². The average Bonchev–Trinajstić information content (AvgIpc) is 2.87. The molecule has 0 atom stereocenters. The number of carbonyl (C=O) groups is 1. The molecule has 1 aromatic heterocycles. The summed E-state index contributed by atoms with van der Waals surface area (Å²) in [5, 5.41) is 18.6. The number of azo groups is 1. The number of amides is 1. The zero-order chi connectivity index (χ0) is 19.1. The molecule has 0 spiro atoms. The van der Waals surface area contributed by atoms with Gasteiger partial charge >= 0.3 is 0 Å². The molecule has 1 amide bonds. The van der Waals surface area contributed by atoms with E-state index in [0.717, 1.165) is 21.1 Å². The monoisotopic (exact) mass is 413 g/mol.